The minimum absolute atomic E-state index is 0.0908. The Morgan fingerprint density at radius 2 is 1.83 bits per heavy atom. The third-order valence-corrected chi connectivity index (χ3v) is 4.49. The second-order valence-corrected chi connectivity index (χ2v) is 5.78. The average Bonchev–Trinajstić information content (AvgIpc) is 2.92. The van der Waals surface area contributed by atoms with Gasteiger partial charge in [0.1, 0.15) is 0 Å². The Kier molecular flexibility index (Phi) is 5.01. The fourth-order valence-electron chi connectivity index (χ4n) is 3.26. The van der Waals surface area contributed by atoms with Crippen LogP contribution < -0.4 is 5.73 Å². The van der Waals surface area contributed by atoms with E-state index in [2.05, 4.69) is 4.90 Å². The lowest BCUT2D eigenvalue weighted by atomic mass is 10.1. The summed E-state index contributed by atoms with van der Waals surface area (Å²) in [4.78, 5) is 16.8. The van der Waals surface area contributed by atoms with Crippen LogP contribution in [0.25, 0.3) is 0 Å². The predicted octanol–water partition coefficient (Wildman–Crippen LogP) is 1.06. The summed E-state index contributed by atoms with van der Waals surface area (Å²) in [6, 6.07) is 0.795. The number of hydrogen-bond donors (Lipinski definition) is 1. The topological polar surface area (TPSA) is 49.6 Å². The number of hydrogen-bond acceptors (Lipinski definition) is 3. The maximum absolute atomic E-state index is 12.2. The van der Waals surface area contributed by atoms with Crippen molar-refractivity contribution in [3.8, 4) is 0 Å². The van der Waals surface area contributed by atoms with Crippen molar-refractivity contribution in [2.75, 3.05) is 32.7 Å². The quantitative estimate of drug-likeness (QED) is 0.815. The molecule has 104 valence electrons. The molecule has 1 unspecified atom stereocenters. The van der Waals surface area contributed by atoms with E-state index < -0.39 is 0 Å². The predicted molar refractivity (Wildman–Crippen MR) is 73.2 cm³/mol. The summed E-state index contributed by atoms with van der Waals surface area (Å²) in [5, 5.41) is 0. The van der Waals surface area contributed by atoms with Crippen molar-refractivity contribution in [2.24, 2.45) is 11.7 Å². The molecule has 1 aliphatic carbocycles. The van der Waals surface area contributed by atoms with E-state index in [0.717, 1.165) is 38.6 Å². The van der Waals surface area contributed by atoms with Crippen molar-refractivity contribution in [3.63, 3.8) is 0 Å². The molecule has 2 N–H and O–H groups in total. The monoisotopic (exact) mass is 253 g/mol. The van der Waals surface area contributed by atoms with Gasteiger partial charge in [0.2, 0.25) is 5.91 Å². The van der Waals surface area contributed by atoms with Crippen LogP contribution in [0.15, 0.2) is 0 Å². The fourth-order valence-corrected chi connectivity index (χ4v) is 3.26. The van der Waals surface area contributed by atoms with Crippen LogP contribution in [-0.2, 0) is 4.79 Å². The number of rotatable bonds is 4. The van der Waals surface area contributed by atoms with Crippen molar-refractivity contribution < 1.29 is 4.79 Å². The van der Waals surface area contributed by atoms with Gasteiger partial charge in [-0.2, -0.15) is 0 Å². The highest BCUT2D eigenvalue weighted by Gasteiger charge is 2.29. The molecule has 2 rings (SSSR count). The number of carbonyl (C=O) groups excluding carboxylic acids is 1. The third-order valence-electron chi connectivity index (χ3n) is 4.49. The summed E-state index contributed by atoms with van der Waals surface area (Å²) in [5.41, 5.74) is 5.52. The van der Waals surface area contributed by atoms with Gasteiger partial charge in [-0.15, -0.1) is 0 Å². The molecule has 0 spiro atoms. The molecule has 0 aromatic heterocycles. The molecule has 2 fully saturated rings. The zero-order valence-electron chi connectivity index (χ0n) is 11.6. The van der Waals surface area contributed by atoms with Gasteiger partial charge >= 0.3 is 0 Å². The first kappa shape index (κ1) is 13.8. The van der Waals surface area contributed by atoms with Gasteiger partial charge in [0.05, 0.1) is 0 Å². The van der Waals surface area contributed by atoms with Gasteiger partial charge in [-0.05, 0) is 25.8 Å². The number of amides is 1. The van der Waals surface area contributed by atoms with Gasteiger partial charge in [-0.1, -0.05) is 19.8 Å². The van der Waals surface area contributed by atoms with Crippen molar-refractivity contribution in [3.05, 3.63) is 0 Å². The van der Waals surface area contributed by atoms with Crippen LogP contribution in [-0.4, -0.2) is 54.5 Å². The molecular weight excluding hydrogens is 226 g/mol. The van der Waals surface area contributed by atoms with Gasteiger partial charge in [-0.25, -0.2) is 0 Å². The first-order valence-electron chi connectivity index (χ1n) is 7.45. The SMILES string of the molecule is CC(CCN)C(=O)N1CCN(C2CCCC2)CC1. The van der Waals surface area contributed by atoms with E-state index in [1.165, 1.54) is 25.7 Å². The van der Waals surface area contributed by atoms with Crippen molar-refractivity contribution >= 4 is 5.91 Å². The van der Waals surface area contributed by atoms with Crippen LogP contribution in [0.5, 0.6) is 0 Å². The molecule has 1 amide bonds. The summed E-state index contributed by atoms with van der Waals surface area (Å²) in [6.07, 6.45) is 6.30. The van der Waals surface area contributed by atoms with Crippen LogP contribution in [0.3, 0.4) is 0 Å². The first-order valence-corrected chi connectivity index (χ1v) is 7.45. The molecule has 2 aliphatic rings. The Balaban J connectivity index is 1.77. The molecule has 0 aromatic carbocycles. The number of nitrogens with zero attached hydrogens (tertiary/aromatic N) is 2. The van der Waals surface area contributed by atoms with Crippen molar-refractivity contribution in [1.82, 2.24) is 9.80 Å². The highest BCUT2D eigenvalue weighted by atomic mass is 16.2. The summed E-state index contributed by atoms with van der Waals surface area (Å²) < 4.78 is 0. The third kappa shape index (κ3) is 3.23. The minimum atomic E-state index is 0.0908. The number of nitrogens with two attached hydrogens (primary N) is 1. The van der Waals surface area contributed by atoms with E-state index in [-0.39, 0.29) is 5.92 Å². The lowest BCUT2D eigenvalue weighted by Gasteiger charge is -2.39. The summed E-state index contributed by atoms with van der Waals surface area (Å²) in [6.45, 7) is 6.54. The summed E-state index contributed by atoms with van der Waals surface area (Å²) >= 11 is 0. The normalized spacial score (nSPS) is 24.4. The molecule has 4 nitrogen and oxygen atoms in total. The molecule has 1 saturated carbocycles. The highest BCUT2D eigenvalue weighted by molar-refractivity contribution is 5.78. The van der Waals surface area contributed by atoms with Crippen LogP contribution in [0.1, 0.15) is 39.0 Å². The highest BCUT2D eigenvalue weighted by Crippen LogP contribution is 2.24. The molecule has 1 aliphatic heterocycles. The maximum Gasteiger partial charge on any atom is 0.225 e. The van der Waals surface area contributed by atoms with Crippen LogP contribution >= 0.6 is 0 Å². The largest absolute Gasteiger partial charge is 0.340 e. The fraction of sp³-hybridized carbons (Fsp3) is 0.929. The lowest BCUT2D eigenvalue weighted by Crippen LogP contribution is -2.52. The second kappa shape index (κ2) is 6.53. The van der Waals surface area contributed by atoms with Gasteiger partial charge in [0.15, 0.2) is 0 Å². The zero-order valence-corrected chi connectivity index (χ0v) is 11.6. The molecule has 1 atom stereocenters. The van der Waals surface area contributed by atoms with Crippen molar-refractivity contribution in [2.45, 2.75) is 45.1 Å². The Labute approximate surface area is 110 Å². The summed E-state index contributed by atoms with van der Waals surface area (Å²) in [7, 11) is 0. The van der Waals surface area contributed by atoms with E-state index in [4.69, 9.17) is 5.73 Å². The minimum Gasteiger partial charge on any atom is -0.340 e. The number of piperazine rings is 1. The Hall–Kier alpha value is -0.610. The van der Waals surface area contributed by atoms with Gasteiger partial charge in [0, 0.05) is 38.1 Å². The average molecular weight is 253 g/mol. The second-order valence-electron chi connectivity index (χ2n) is 5.78. The molecule has 0 radical (unpaired) electrons. The van der Waals surface area contributed by atoms with Crippen LogP contribution in [0.4, 0.5) is 0 Å². The van der Waals surface area contributed by atoms with Crippen molar-refractivity contribution in [1.29, 1.82) is 0 Å². The Morgan fingerprint density at radius 3 is 2.39 bits per heavy atom. The van der Waals surface area contributed by atoms with Gasteiger partial charge in [-0.3, -0.25) is 9.69 Å². The first-order chi connectivity index (χ1) is 8.72. The molecule has 18 heavy (non-hydrogen) atoms. The van der Waals surface area contributed by atoms with E-state index in [1.54, 1.807) is 0 Å². The van der Waals surface area contributed by atoms with E-state index in [1.807, 2.05) is 11.8 Å². The lowest BCUT2D eigenvalue weighted by molar-refractivity contribution is -0.137. The molecule has 0 bridgehead atoms. The molecular formula is C14H27N3O. The van der Waals surface area contributed by atoms with E-state index in [9.17, 15) is 4.79 Å². The Morgan fingerprint density at radius 1 is 1.22 bits per heavy atom. The van der Waals surface area contributed by atoms with Crippen LogP contribution in [0, 0.1) is 5.92 Å². The number of carbonyl (C=O) groups is 1. The maximum atomic E-state index is 12.2. The smallest absolute Gasteiger partial charge is 0.225 e. The van der Waals surface area contributed by atoms with Gasteiger partial charge < -0.3 is 10.6 Å². The molecule has 1 saturated heterocycles. The zero-order chi connectivity index (χ0) is 13.0. The van der Waals surface area contributed by atoms with E-state index in [0.29, 0.717) is 12.5 Å². The summed E-state index contributed by atoms with van der Waals surface area (Å²) in [5.74, 6) is 0.388. The molecule has 4 heteroatoms. The standard InChI is InChI=1S/C14H27N3O/c1-12(6-7-15)14(18)17-10-8-16(9-11-17)13-4-2-3-5-13/h12-13H,2-11,15H2,1H3. The van der Waals surface area contributed by atoms with Gasteiger partial charge in [0.25, 0.3) is 0 Å². The van der Waals surface area contributed by atoms with Crippen LogP contribution in [0.2, 0.25) is 0 Å². The van der Waals surface area contributed by atoms with E-state index >= 15 is 0 Å². The molecule has 0 aromatic rings. The Bertz CT molecular complexity index is 268. The molecule has 1 heterocycles.